The van der Waals surface area contributed by atoms with Crippen LogP contribution in [0.5, 0.6) is 0 Å². The van der Waals surface area contributed by atoms with E-state index in [1.54, 1.807) is 12.1 Å². The number of benzene rings is 2. The van der Waals surface area contributed by atoms with Crippen LogP contribution in [-0.4, -0.2) is 27.0 Å². The molecule has 2 rings (SSSR count). The van der Waals surface area contributed by atoms with E-state index in [1.807, 2.05) is 0 Å². The Balaban J connectivity index is 0.00000334. The summed E-state index contributed by atoms with van der Waals surface area (Å²) in [7, 11) is -9.45. The first-order valence-corrected chi connectivity index (χ1v) is 16.0. The Labute approximate surface area is 232 Å². The molecule has 2 aromatic rings. The maximum absolute atomic E-state index is 13.0. The van der Waals surface area contributed by atoms with Gasteiger partial charge in [-0.1, -0.05) is 76.8 Å². The van der Waals surface area contributed by atoms with Crippen LogP contribution in [0.15, 0.2) is 68.5 Å². The third kappa shape index (κ3) is 10.3. The van der Waals surface area contributed by atoms with Crippen molar-refractivity contribution < 1.29 is 50.8 Å². The summed E-state index contributed by atoms with van der Waals surface area (Å²) >= 11 is 0.750. The molecule has 8 nitrogen and oxygen atoms in total. The molecule has 0 amide bonds. The summed E-state index contributed by atoms with van der Waals surface area (Å²) in [5.74, 6) is -1.78. The summed E-state index contributed by atoms with van der Waals surface area (Å²) < 4.78 is 58.6. The minimum atomic E-state index is -4.73. The Kier molecular flexibility index (Phi) is 15.0. The maximum atomic E-state index is 13.0. The molecule has 11 heteroatoms. The van der Waals surface area contributed by atoms with Gasteiger partial charge in [0.25, 0.3) is 0 Å². The molecular weight excluding hydrogens is 550 g/mol. The van der Waals surface area contributed by atoms with Gasteiger partial charge in [-0.15, -0.1) is 0 Å². The van der Waals surface area contributed by atoms with Gasteiger partial charge in [0.2, 0.25) is 23.9 Å². The number of aliphatic hydroxyl groups is 2. The molecular formula is C26H37NO7S2Ti. The average molecular weight is 588 g/mol. The zero-order chi connectivity index (χ0) is 27.9. The molecule has 2 aromatic carbocycles. The molecule has 0 unspecified atom stereocenters. The zero-order valence-electron chi connectivity index (χ0n) is 21.2. The van der Waals surface area contributed by atoms with Gasteiger partial charge in [0, 0.05) is 5.69 Å². The molecule has 0 aliphatic rings. The number of sulfone groups is 2. The van der Waals surface area contributed by atoms with Crippen molar-refractivity contribution in [1.29, 1.82) is 0 Å². The standard InChI is InChI=1S/C26H37NO6S2.O.Ti/c1-2-3-4-5-6-7-8-9-10-11-12-21-13-17-23(18-14-21)34(30,31)26(25(28)29)35(32,33)24-19-15-22(27)16-20-24;;/h13-20,28-29H,2-12,27H2,1H3;;. The number of hydrogen-bond donors (Lipinski definition) is 3. The SMILES string of the molecule is CCCCCCCCCCCCc1ccc(S(=O)(=O)C(=C(O)O)S(=O)(=O)c2ccc(N)cc2)cc1.[O]=[Ti]. The first-order chi connectivity index (χ1) is 17.6. The number of nitrogen functional groups attached to an aromatic ring is 1. The number of unbranched alkanes of at least 4 members (excludes halogenated alkanes) is 9. The summed E-state index contributed by atoms with van der Waals surface area (Å²) in [6.07, 6.45) is 13.0. The second kappa shape index (κ2) is 16.8. The summed E-state index contributed by atoms with van der Waals surface area (Å²) in [6.45, 7) is 2.22. The van der Waals surface area contributed by atoms with Crippen molar-refractivity contribution in [2.75, 3.05) is 5.73 Å². The fourth-order valence-corrected chi connectivity index (χ4v) is 7.53. The van der Waals surface area contributed by atoms with Crippen molar-refractivity contribution in [1.82, 2.24) is 0 Å². The Morgan fingerprint density at radius 3 is 1.46 bits per heavy atom. The van der Waals surface area contributed by atoms with E-state index in [-0.39, 0.29) is 10.6 Å². The molecule has 0 heterocycles. The van der Waals surface area contributed by atoms with Crippen LogP contribution in [-0.2, 0) is 49.8 Å². The minimum absolute atomic E-state index is 0.281. The van der Waals surface area contributed by atoms with Crippen LogP contribution in [0.1, 0.15) is 76.7 Å². The predicted octanol–water partition coefficient (Wildman–Crippen LogP) is 6.10. The van der Waals surface area contributed by atoms with Crippen LogP contribution < -0.4 is 5.73 Å². The van der Waals surface area contributed by atoms with Crippen molar-refractivity contribution in [2.24, 2.45) is 0 Å². The monoisotopic (exact) mass is 587 g/mol. The molecule has 0 spiro atoms. The Morgan fingerprint density at radius 2 is 1.05 bits per heavy atom. The van der Waals surface area contributed by atoms with Crippen molar-refractivity contribution in [3.63, 3.8) is 0 Å². The van der Waals surface area contributed by atoms with Crippen LogP contribution in [0, 0.1) is 0 Å². The predicted molar refractivity (Wildman–Crippen MR) is 140 cm³/mol. The Hall–Kier alpha value is -2.01. The molecule has 0 fully saturated rings. The van der Waals surface area contributed by atoms with E-state index >= 15 is 0 Å². The fraction of sp³-hybridized carbons (Fsp3) is 0.462. The average Bonchev–Trinajstić information content (AvgIpc) is 2.86. The molecule has 0 saturated heterocycles. The van der Waals surface area contributed by atoms with Crippen LogP contribution in [0.4, 0.5) is 5.69 Å². The molecule has 0 radical (unpaired) electrons. The zero-order valence-corrected chi connectivity index (χ0v) is 24.4. The fourth-order valence-electron chi connectivity index (χ4n) is 3.90. The molecule has 4 N–H and O–H groups in total. The number of anilines is 1. The van der Waals surface area contributed by atoms with Crippen LogP contribution >= 0.6 is 0 Å². The van der Waals surface area contributed by atoms with Gasteiger partial charge in [0.1, 0.15) is 0 Å². The molecule has 0 saturated carbocycles. The van der Waals surface area contributed by atoms with E-state index in [9.17, 15) is 27.0 Å². The van der Waals surface area contributed by atoms with E-state index in [0.717, 1.165) is 57.4 Å². The number of rotatable bonds is 15. The second-order valence-electron chi connectivity index (χ2n) is 8.76. The normalized spacial score (nSPS) is 11.4. The van der Waals surface area contributed by atoms with Gasteiger partial charge in [0.05, 0.1) is 9.79 Å². The van der Waals surface area contributed by atoms with Gasteiger partial charge < -0.3 is 15.9 Å². The quantitative estimate of drug-likeness (QED) is 0.0978. The Morgan fingerprint density at radius 1 is 0.676 bits per heavy atom. The van der Waals surface area contributed by atoms with Crippen LogP contribution in [0.2, 0.25) is 0 Å². The topological polar surface area (TPSA) is 152 Å². The van der Waals surface area contributed by atoms with Gasteiger partial charge in [-0.2, -0.15) is 0 Å². The van der Waals surface area contributed by atoms with E-state index in [1.165, 1.54) is 75.6 Å². The number of hydrogen-bond acceptors (Lipinski definition) is 8. The summed E-state index contributed by atoms with van der Waals surface area (Å²) in [5.41, 5.74) is 6.77. The van der Waals surface area contributed by atoms with Crippen molar-refractivity contribution in [3.05, 3.63) is 64.3 Å². The molecule has 0 aliphatic heterocycles. The summed E-state index contributed by atoms with van der Waals surface area (Å²) in [4.78, 5) is -0.748. The molecule has 0 aliphatic carbocycles. The van der Waals surface area contributed by atoms with Gasteiger partial charge in [-0.25, -0.2) is 16.8 Å². The summed E-state index contributed by atoms with van der Waals surface area (Å²) in [6, 6.07) is 10.6. The van der Waals surface area contributed by atoms with Gasteiger partial charge in [-0.05, 0) is 54.8 Å². The molecule has 204 valence electrons. The molecule has 37 heavy (non-hydrogen) atoms. The van der Waals surface area contributed by atoms with Gasteiger partial charge in [-0.3, -0.25) is 0 Å². The number of aryl methyl sites for hydroxylation is 1. The van der Waals surface area contributed by atoms with Crippen molar-refractivity contribution in [3.8, 4) is 0 Å². The van der Waals surface area contributed by atoms with Crippen molar-refractivity contribution in [2.45, 2.75) is 87.3 Å². The van der Waals surface area contributed by atoms with E-state index in [0.29, 0.717) is 0 Å². The third-order valence-electron chi connectivity index (χ3n) is 5.91. The number of nitrogens with two attached hydrogens (primary N) is 1. The summed E-state index contributed by atoms with van der Waals surface area (Å²) in [5, 5.41) is 19.3. The Bertz CT molecular complexity index is 1190. The second-order valence-corrected chi connectivity index (χ2v) is 12.8. The van der Waals surface area contributed by atoms with Gasteiger partial charge >= 0.3 is 29.7 Å². The van der Waals surface area contributed by atoms with E-state index < -0.39 is 34.8 Å². The van der Waals surface area contributed by atoms with Crippen LogP contribution in [0.3, 0.4) is 0 Å². The van der Waals surface area contributed by atoms with Crippen molar-refractivity contribution >= 4 is 25.4 Å². The van der Waals surface area contributed by atoms with Gasteiger partial charge in [0.15, 0.2) is 0 Å². The molecule has 0 bridgehead atoms. The van der Waals surface area contributed by atoms with E-state index in [4.69, 9.17) is 9.06 Å². The third-order valence-corrected chi connectivity index (χ3v) is 10.4. The molecule has 0 atom stereocenters. The van der Waals surface area contributed by atoms with E-state index in [2.05, 4.69) is 6.92 Å². The first kappa shape index (κ1) is 33.0. The molecule has 0 aromatic heterocycles. The number of aliphatic hydroxyl groups excluding tert-OH is 1. The van der Waals surface area contributed by atoms with Crippen LogP contribution in [0.25, 0.3) is 0 Å². The first-order valence-electron chi connectivity index (χ1n) is 12.4.